The molecule has 1 aliphatic heterocycles. The summed E-state index contributed by atoms with van der Waals surface area (Å²) in [5.74, 6) is 0.808. The molecule has 5 rings (SSSR count). The fourth-order valence-corrected chi connectivity index (χ4v) is 5.51. The van der Waals surface area contributed by atoms with E-state index in [9.17, 15) is 13.2 Å². The molecule has 1 amide bonds. The highest BCUT2D eigenvalue weighted by molar-refractivity contribution is 7.89. The number of nitrogens with zero attached hydrogens (tertiary/aromatic N) is 4. The summed E-state index contributed by atoms with van der Waals surface area (Å²) in [7, 11) is -3.64. The Kier molecular flexibility index (Phi) is 6.19. The Morgan fingerprint density at radius 1 is 0.800 bits per heavy atom. The van der Waals surface area contributed by atoms with Crippen molar-refractivity contribution in [2.75, 3.05) is 26.2 Å². The van der Waals surface area contributed by atoms with Crippen LogP contribution < -0.4 is 0 Å². The van der Waals surface area contributed by atoms with Gasteiger partial charge in [-0.05, 0) is 35.4 Å². The molecule has 0 spiro atoms. The van der Waals surface area contributed by atoms with Crippen LogP contribution in [-0.2, 0) is 10.0 Å². The van der Waals surface area contributed by atoms with Crippen LogP contribution in [-0.4, -0.2) is 59.8 Å². The summed E-state index contributed by atoms with van der Waals surface area (Å²) in [6.45, 7) is 2.86. The Balaban J connectivity index is 1.23. The maximum absolute atomic E-state index is 13.2. The minimum Gasteiger partial charge on any atom is -0.339 e. The molecular formula is C26H24N4O4S. The van der Waals surface area contributed by atoms with E-state index in [4.69, 9.17) is 4.52 Å². The quantitative estimate of drug-likeness (QED) is 0.423. The van der Waals surface area contributed by atoms with E-state index < -0.39 is 10.0 Å². The number of carbonyl (C=O) groups excluding carboxylic acids is 1. The van der Waals surface area contributed by atoms with Gasteiger partial charge in [-0.1, -0.05) is 59.8 Å². The van der Waals surface area contributed by atoms with Gasteiger partial charge >= 0.3 is 0 Å². The van der Waals surface area contributed by atoms with Crippen LogP contribution in [0.2, 0.25) is 0 Å². The number of amides is 1. The number of aromatic nitrogens is 2. The van der Waals surface area contributed by atoms with Crippen LogP contribution in [0.15, 0.2) is 88.3 Å². The van der Waals surface area contributed by atoms with E-state index in [-0.39, 0.29) is 23.9 Å². The second-order valence-corrected chi connectivity index (χ2v) is 10.2. The zero-order chi connectivity index (χ0) is 24.4. The standard InChI is InChI=1S/C26H24N4O4S/c1-19-27-25(28-34-19)22-7-9-23(10-8-22)26(31)29-15-17-30(18-16-29)35(32,33)24-13-11-21(12-14-24)20-5-3-2-4-6-20/h2-14H,15-18H2,1H3. The largest absolute Gasteiger partial charge is 0.339 e. The van der Waals surface area contributed by atoms with E-state index in [0.29, 0.717) is 30.4 Å². The van der Waals surface area contributed by atoms with Crippen LogP contribution in [0, 0.1) is 6.92 Å². The number of aryl methyl sites for hydroxylation is 1. The van der Waals surface area contributed by atoms with Crippen molar-refractivity contribution in [3.05, 3.63) is 90.3 Å². The summed E-state index contributed by atoms with van der Waals surface area (Å²) in [5.41, 5.74) is 3.28. The Hall–Kier alpha value is -3.82. The fraction of sp³-hybridized carbons (Fsp3) is 0.192. The minimum atomic E-state index is -3.64. The first kappa shape index (κ1) is 22.9. The first-order chi connectivity index (χ1) is 16.9. The maximum Gasteiger partial charge on any atom is 0.253 e. The number of sulfonamides is 1. The topological polar surface area (TPSA) is 96.6 Å². The third-order valence-corrected chi connectivity index (χ3v) is 7.96. The van der Waals surface area contributed by atoms with E-state index in [1.165, 1.54) is 4.31 Å². The monoisotopic (exact) mass is 488 g/mol. The van der Waals surface area contributed by atoms with Crippen molar-refractivity contribution in [3.8, 4) is 22.5 Å². The summed E-state index contributed by atoms with van der Waals surface area (Å²) in [6, 6.07) is 23.7. The van der Waals surface area contributed by atoms with Crippen LogP contribution in [0.4, 0.5) is 0 Å². The molecule has 0 N–H and O–H groups in total. The van der Waals surface area contributed by atoms with Crippen molar-refractivity contribution >= 4 is 15.9 Å². The fourth-order valence-electron chi connectivity index (χ4n) is 4.09. The molecule has 0 unspecified atom stereocenters. The van der Waals surface area contributed by atoms with Gasteiger partial charge in [0.1, 0.15) is 0 Å². The van der Waals surface area contributed by atoms with E-state index in [0.717, 1.165) is 16.7 Å². The molecule has 1 aliphatic rings. The van der Waals surface area contributed by atoms with Crippen molar-refractivity contribution in [2.24, 2.45) is 0 Å². The zero-order valence-corrected chi connectivity index (χ0v) is 20.0. The highest BCUT2D eigenvalue weighted by Gasteiger charge is 2.30. The van der Waals surface area contributed by atoms with E-state index >= 15 is 0 Å². The summed E-state index contributed by atoms with van der Waals surface area (Å²) >= 11 is 0. The van der Waals surface area contributed by atoms with Gasteiger partial charge in [-0.15, -0.1) is 0 Å². The van der Waals surface area contributed by atoms with Crippen molar-refractivity contribution in [1.82, 2.24) is 19.3 Å². The first-order valence-electron chi connectivity index (χ1n) is 11.3. The minimum absolute atomic E-state index is 0.134. The van der Waals surface area contributed by atoms with Gasteiger partial charge in [0.15, 0.2) is 0 Å². The Morgan fingerprint density at radius 3 is 2.00 bits per heavy atom. The number of piperazine rings is 1. The molecule has 0 aliphatic carbocycles. The van der Waals surface area contributed by atoms with Crippen molar-refractivity contribution in [1.29, 1.82) is 0 Å². The molecule has 8 nitrogen and oxygen atoms in total. The molecule has 0 atom stereocenters. The number of rotatable bonds is 5. The summed E-state index contributed by atoms with van der Waals surface area (Å²) in [4.78, 5) is 19.1. The van der Waals surface area contributed by atoms with E-state index in [1.807, 2.05) is 42.5 Å². The SMILES string of the molecule is Cc1nc(-c2ccc(C(=O)N3CCN(S(=O)(=O)c4ccc(-c5ccccc5)cc4)CC3)cc2)no1. The van der Waals surface area contributed by atoms with Gasteiger partial charge in [-0.3, -0.25) is 4.79 Å². The number of hydrogen-bond acceptors (Lipinski definition) is 6. The van der Waals surface area contributed by atoms with Crippen LogP contribution in [0.3, 0.4) is 0 Å². The average molecular weight is 489 g/mol. The molecule has 2 heterocycles. The molecular weight excluding hydrogens is 464 g/mol. The summed E-state index contributed by atoms with van der Waals surface area (Å²) < 4.78 is 32.8. The van der Waals surface area contributed by atoms with Gasteiger partial charge in [-0.25, -0.2) is 8.42 Å². The highest BCUT2D eigenvalue weighted by Crippen LogP contribution is 2.24. The number of hydrogen-bond donors (Lipinski definition) is 0. The van der Waals surface area contributed by atoms with Crippen LogP contribution in [0.25, 0.3) is 22.5 Å². The third-order valence-electron chi connectivity index (χ3n) is 6.04. The third kappa shape index (κ3) is 4.73. The van der Waals surface area contributed by atoms with Gasteiger partial charge in [-0.2, -0.15) is 9.29 Å². The lowest BCUT2D eigenvalue weighted by atomic mass is 10.1. The predicted octanol–water partition coefficient (Wildman–Crippen LogP) is 3.86. The molecule has 9 heteroatoms. The van der Waals surface area contributed by atoms with E-state index in [1.54, 1.807) is 48.2 Å². The normalized spacial score (nSPS) is 14.7. The molecule has 1 aromatic heterocycles. The second-order valence-electron chi connectivity index (χ2n) is 8.30. The Labute approximate surface area is 203 Å². The zero-order valence-electron chi connectivity index (χ0n) is 19.2. The lowest BCUT2D eigenvalue weighted by molar-refractivity contribution is 0.0698. The molecule has 0 radical (unpaired) electrons. The average Bonchev–Trinajstić information content (AvgIpc) is 3.35. The Bertz CT molecular complexity index is 1420. The molecule has 0 saturated carbocycles. The highest BCUT2D eigenvalue weighted by atomic mass is 32.2. The molecule has 0 bridgehead atoms. The molecule has 1 saturated heterocycles. The van der Waals surface area contributed by atoms with Gasteiger partial charge in [0.25, 0.3) is 5.91 Å². The molecule has 3 aromatic carbocycles. The molecule has 178 valence electrons. The molecule has 4 aromatic rings. The maximum atomic E-state index is 13.2. The lowest BCUT2D eigenvalue weighted by Crippen LogP contribution is -2.50. The molecule has 35 heavy (non-hydrogen) atoms. The first-order valence-corrected chi connectivity index (χ1v) is 12.7. The summed E-state index contributed by atoms with van der Waals surface area (Å²) in [6.07, 6.45) is 0. The molecule has 1 fully saturated rings. The van der Waals surface area contributed by atoms with Gasteiger partial charge < -0.3 is 9.42 Å². The van der Waals surface area contributed by atoms with E-state index in [2.05, 4.69) is 10.1 Å². The van der Waals surface area contributed by atoms with Gasteiger partial charge in [0.2, 0.25) is 21.7 Å². The number of benzene rings is 3. The van der Waals surface area contributed by atoms with Crippen LogP contribution in [0.5, 0.6) is 0 Å². The van der Waals surface area contributed by atoms with Gasteiger partial charge in [0.05, 0.1) is 4.90 Å². The van der Waals surface area contributed by atoms with Gasteiger partial charge in [0, 0.05) is 44.2 Å². The number of carbonyl (C=O) groups is 1. The lowest BCUT2D eigenvalue weighted by Gasteiger charge is -2.34. The van der Waals surface area contributed by atoms with Crippen LogP contribution >= 0.6 is 0 Å². The van der Waals surface area contributed by atoms with Crippen molar-refractivity contribution < 1.29 is 17.7 Å². The second kappa shape index (κ2) is 9.44. The van der Waals surface area contributed by atoms with Crippen LogP contribution in [0.1, 0.15) is 16.2 Å². The van der Waals surface area contributed by atoms with Crippen molar-refractivity contribution in [3.63, 3.8) is 0 Å². The summed E-state index contributed by atoms with van der Waals surface area (Å²) in [5, 5.41) is 3.88. The predicted molar refractivity (Wildman–Crippen MR) is 131 cm³/mol. The Morgan fingerprint density at radius 2 is 1.40 bits per heavy atom. The van der Waals surface area contributed by atoms with Crippen molar-refractivity contribution in [2.45, 2.75) is 11.8 Å². The smallest absolute Gasteiger partial charge is 0.253 e.